The Morgan fingerprint density at radius 1 is 0.821 bits per heavy atom. The zero-order valence-electron chi connectivity index (χ0n) is 15.3. The summed E-state index contributed by atoms with van der Waals surface area (Å²) >= 11 is 0. The highest BCUT2D eigenvalue weighted by Gasteiger charge is 2.43. The largest absolute Gasteiger partial charge is 0.508 e. The first-order chi connectivity index (χ1) is 13.7. The van der Waals surface area contributed by atoms with E-state index in [0.717, 1.165) is 38.8 Å². The first-order valence-corrected chi connectivity index (χ1v) is 9.37. The standard InChI is InChI=1S/C25H20O3/c26-15-25(20-9-11-21(27)12-10-20)16-28-23-13-8-18-6-7-19(14-22(18)24(23)25)17-4-2-1-3-5-17/h1-14,26-27H,15-16H2. The average Bonchev–Trinajstić information content (AvgIpc) is 3.15. The van der Waals surface area contributed by atoms with Gasteiger partial charge in [-0.05, 0) is 51.7 Å². The van der Waals surface area contributed by atoms with Crippen LogP contribution < -0.4 is 4.74 Å². The SMILES string of the molecule is OCC1(c2ccc(O)cc2)COc2ccc3ccc(-c4ccccc4)cc3c21. The van der Waals surface area contributed by atoms with Crippen molar-refractivity contribution in [3.63, 3.8) is 0 Å². The second-order valence-electron chi connectivity index (χ2n) is 7.32. The topological polar surface area (TPSA) is 49.7 Å². The van der Waals surface area contributed by atoms with Gasteiger partial charge >= 0.3 is 0 Å². The second-order valence-corrected chi connectivity index (χ2v) is 7.32. The minimum Gasteiger partial charge on any atom is -0.508 e. The Morgan fingerprint density at radius 2 is 1.57 bits per heavy atom. The molecule has 4 aromatic carbocycles. The highest BCUT2D eigenvalue weighted by atomic mass is 16.5. The summed E-state index contributed by atoms with van der Waals surface area (Å²) in [6.45, 7) is 0.303. The fraction of sp³-hybridized carbons (Fsp3) is 0.120. The maximum Gasteiger partial charge on any atom is 0.124 e. The first-order valence-electron chi connectivity index (χ1n) is 9.37. The second kappa shape index (κ2) is 6.39. The molecule has 5 rings (SSSR count). The molecule has 3 heteroatoms. The molecule has 0 fully saturated rings. The summed E-state index contributed by atoms with van der Waals surface area (Å²) in [5, 5.41) is 22.4. The molecule has 0 aromatic heterocycles. The van der Waals surface area contributed by atoms with Crippen molar-refractivity contribution in [2.24, 2.45) is 0 Å². The number of aliphatic hydroxyl groups is 1. The number of benzene rings is 4. The van der Waals surface area contributed by atoms with Crippen LogP contribution in [0.3, 0.4) is 0 Å². The summed E-state index contributed by atoms with van der Waals surface area (Å²) in [4.78, 5) is 0. The summed E-state index contributed by atoms with van der Waals surface area (Å²) in [7, 11) is 0. The minimum absolute atomic E-state index is 0.0700. The molecule has 0 saturated carbocycles. The molecule has 1 unspecified atom stereocenters. The summed E-state index contributed by atoms with van der Waals surface area (Å²) in [6.07, 6.45) is 0. The van der Waals surface area contributed by atoms with Crippen LogP contribution in [0.4, 0.5) is 0 Å². The van der Waals surface area contributed by atoms with Gasteiger partial charge in [0.15, 0.2) is 0 Å². The third-order valence-electron chi connectivity index (χ3n) is 5.73. The van der Waals surface area contributed by atoms with Crippen LogP contribution in [-0.2, 0) is 5.41 Å². The van der Waals surface area contributed by atoms with Crippen molar-refractivity contribution >= 4 is 10.8 Å². The van der Waals surface area contributed by atoms with Gasteiger partial charge in [0.1, 0.15) is 18.1 Å². The molecule has 2 N–H and O–H groups in total. The quantitative estimate of drug-likeness (QED) is 0.542. The van der Waals surface area contributed by atoms with Crippen molar-refractivity contribution in [1.82, 2.24) is 0 Å². The lowest BCUT2D eigenvalue weighted by Gasteiger charge is -2.27. The van der Waals surface area contributed by atoms with Crippen LogP contribution in [0.5, 0.6) is 11.5 Å². The van der Waals surface area contributed by atoms with Crippen molar-refractivity contribution < 1.29 is 14.9 Å². The number of aromatic hydroxyl groups is 1. The first kappa shape index (κ1) is 16.8. The predicted octanol–water partition coefficient (Wildman–Crippen LogP) is 4.88. The molecular formula is C25H20O3. The third-order valence-corrected chi connectivity index (χ3v) is 5.73. The van der Waals surface area contributed by atoms with Gasteiger partial charge in [0.05, 0.1) is 12.0 Å². The Morgan fingerprint density at radius 3 is 2.32 bits per heavy atom. The van der Waals surface area contributed by atoms with Gasteiger partial charge in [0.25, 0.3) is 0 Å². The van der Waals surface area contributed by atoms with Crippen LogP contribution in [0.2, 0.25) is 0 Å². The number of hydrogen-bond donors (Lipinski definition) is 2. The lowest BCUT2D eigenvalue weighted by molar-refractivity contribution is 0.185. The van der Waals surface area contributed by atoms with Gasteiger partial charge in [0.2, 0.25) is 0 Å². The van der Waals surface area contributed by atoms with E-state index in [-0.39, 0.29) is 12.4 Å². The normalized spacial score (nSPS) is 18.0. The van der Waals surface area contributed by atoms with Crippen LogP contribution in [0.15, 0.2) is 84.9 Å². The Bertz CT molecular complexity index is 1150. The van der Waals surface area contributed by atoms with Gasteiger partial charge in [-0.25, -0.2) is 0 Å². The summed E-state index contributed by atoms with van der Waals surface area (Å²) in [5.74, 6) is 1.01. The minimum atomic E-state index is -0.655. The van der Waals surface area contributed by atoms with Crippen molar-refractivity contribution in [2.75, 3.05) is 13.2 Å². The molecule has 28 heavy (non-hydrogen) atoms. The van der Waals surface area contributed by atoms with Gasteiger partial charge in [-0.15, -0.1) is 0 Å². The summed E-state index contributed by atoms with van der Waals surface area (Å²) in [6, 6.07) is 27.8. The number of aliphatic hydroxyl groups excluding tert-OH is 1. The zero-order chi connectivity index (χ0) is 19.1. The lowest BCUT2D eigenvalue weighted by Crippen LogP contribution is -2.34. The molecule has 0 bridgehead atoms. The van der Waals surface area contributed by atoms with E-state index < -0.39 is 5.41 Å². The summed E-state index contributed by atoms with van der Waals surface area (Å²) < 4.78 is 6.02. The number of ether oxygens (including phenoxy) is 1. The van der Waals surface area contributed by atoms with Crippen molar-refractivity contribution in [2.45, 2.75) is 5.41 Å². The van der Waals surface area contributed by atoms with Crippen LogP contribution in [0.25, 0.3) is 21.9 Å². The Hall–Kier alpha value is -3.30. The molecule has 1 atom stereocenters. The van der Waals surface area contributed by atoms with Crippen molar-refractivity contribution in [1.29, 1.82) is 0 Å². The zero-order valence-corrected chi connectivity index (χ0v) is 15.3. The molecule has 0 spiro atoms. The molecule has 0 amide bonds. The maximum atomic E-state index is 10.5. The van der Waals surface area contributed by atoms with Gasteiger partial charge in [-0.3, -0.25) is 0 Å². The van der Waals surface area contributed by atoms with E-state index in [1.165, 1.54) is 0 Å². The monoisotopic (exact) mass is 368 g/mol. The van der Waals surface area contributed by atoms with Crippen LogP contribution in [-0.4, -0.2) is 23.4 Å². The average molecular weight is 368 g/mol. The van der Waals surface area contributed by atoms with Crippen LogP contribution in [0.1, 0.15) is 11.1 Å². The van der Waals surface area contributed by atoms with Gasteiger partial charge in [-0.1, -0.05) is 60.7 Å². The van der Waals surface area contributed by atoms with E-state index in [9.17, 15) is 10.2 Å². The molecule has 138 valence electrons. The van der Waals surface area contributed by atoms with Crippen LogP contribution in [0, 0.1) is 0 Å². The molecule has 3 nitrogen and oxygen atoms in total. The maximum absolute atomic E-state index is 10.5. The molecule has 0 saturated heterocycles. The Labute approximate surface area is 163 Å². The fourth-order valence-electron chi connectivity index (χ4n) is 4.22. The predicted molar refractivity (Wildman–Crippen MR) is 111 cm³/mol. The van der Waals surface area contributed by atoms with E-state index in [0.29, 0.717) is 6.61 Å². The van der Waals surface area contributed by atoms with E-state index in [1.807, 2.05) is 36.4 Å². The summed E-state index contributed by atoms with van der Waals surface area (Å²) in [5.41, 5.74) is 3.57. The van der Waals surface area contributed by atoms with E-state index in [4.69, 9.17) is 4.74 Å². The molecule has 0 radical (unpaired) electrons. The highest BCUT2D eigenvalue weighted by molar-refractivity contribution is 5.93. The van der Waals surface area contributed by atoms with E-state index in [1.54, 1.807) is 12.1 Å². The Kier molecular flexibility index (Phi) is 3.85. The van der Waals surface area contributed by atoms with Crippen LogP contribution >= 0.6 is 0 Å². The van der Waals surface area contributed by atoms with E-state index >= 15 is 0 Å². The van der Waals surface area contributed by atoms with Gasteiger partial charge in [-0.2, -0.15) is 0 Å². The van der Waals surface area contributed by atoms with Crippen molar-refractivity contribution in [3.8, 4) is 22.6 Å². The number of phenols is 1. The van der Waals surface area contributed by atoms with Gasteiger partial charge < -0.3 is 14.9 Å². The third kappa shape index (κ3) is 2.48. The number of phenolic OH excluding ortho intramolecular Hbond substituents is 1. The smallest absolute Gasteiger partial charge is 0.124 e. The highest BCUT2D eigenvalue weighted by Crippen LogP contribution is 2.47. The number of hydrogen-bond acceptors (Lipinski definition) is 3. The molecular weight excluding hydrogens is 348 g/mol. The number of fused-ring (bicyclic) bond motifs is 3. The molecule has 1 aliphatic heterocycles. The molecule has 1 heterocycles. The van der Waals surface area contributed by atoms with Crippen molar-refractivity contribution in [3.05, 3.63) is 96.1 Å². The molecule has 4 aromatic rings. The van der Waals surface area contributed by atoms with Gasteiger partial charge in [0, 0.05) is 5.56 Å². The van der Waals surface area contributed by atoms with E-state index in [2.05, 4.69) is 36.4 Å². The fourth-order valence-corrected chi connectivity index (χ4v) is 4.22. The Balaban J connectivity index is 1.77. The molecule has 1 aliphatic rings. The lowest BCUT2D eigenvalue weighted by atomic mass is 9.74. The number of rotatable bonds is 3. The molecule has 0 aliphatic carbocycles.